The predicted molar refractivity (Wildman–Crippen MR) is 114 cm³/mol. The van der Waals surface area contributed by atoms with Crippen LogP contribution < -0.4 is 9.64 Å². The van der Waals surface area contributed by atoms with E-state index in [1.165, 1.54) is 0 Å². The summed E-state index contributed by atoms with van der Waals surface area (Å²) in [7, 11) is 1.65. The van der Waals surface area contributed by atoms with Gasteiger partial charge in [-0.3, -0.25) is 9.59 Å². The molecule has 1 unspecified atom stereocenters. The van der Waals surface area contributed by atoms with Crippen LogP contribution in [0.15, 0.2) is 54.6 Å². The molecule has 0 aromatic heterocycles. The smallest absolute Gasteiger partial charge is 0.247 e. The average molecular weight is 390 g/mol. The highest BCUT2D eigenvalue weighted by Crippen LogP contribution is 2.33. The van der Waals surface area contributed by atoms with Gasteiger partial charge in [0.1, 0.15) is 5.75 Å². The van der Waals surface area contributed by atoms with Crippen molar-refractivity contribution in [3.63, 3.8) is 0 Å². The third-order valence-corrected chi connectivity index (χ3v) is 5.73. The number of carbonyl (C=O) groups excluding carboxylic acids is 2. The van der Waals surface area contributed by atoms with Crippen LogP contribution in [0.2, 0.25) is 0 Å². The van der Waals surface area contributed by atoms with Gasteiger partial charge in [-0.2, -0.15) is 0 Å². The molecule has 4 rings (SSSR count). The average Bonchev–Trinajstić information content (AvgIpc) is 3.42. The number of carbonyl (C=O) groups is 2. The Hall–Kier alpha value is -3.08. The third-order valence-electron chi connectivity index (χ3n) is 5.73. The van der Waals surface area contributed by atoms with E-state index in [2.05, 4.69) is 0 Å². The van der Waals surface area contributed by atoms with Crippen molar-refractivity contribution in [2.75, 3.05) is 25.1 Å². The number of hydrogen-bond donors (Lipinski definition) is 0. The van der Waals surface area contributed by atoms with Gasteiger partial charge in [0.25, 0.3) is 0 Å². The van der Waals surface area contributed by atoms with Gasteiger partial charge in [-0.05, 0) is 60.7 Å². The van der Waals surface area contributed by atoms with E-state index in [0.717, 1.165) is 54.9 Å². The summed E-state index contributed by atoms with van der Waals surface area (Å²) < 4.78 is 5.23. The van der Waals surface area contributed by atoms with E-state index in [-0.39, 0.29) is 17.9 Å². The van der Waals surface area contributed by atoms with E-state index < -0.39 is 0 Å². The van der Waals surface area contributed by atoms with E-state index in [4.69, 9.17) is 4.74 Å². The maximum Gasteiger partial charge on any atom is 0.247 e. The Morgan fingerprint density at radius 3 is 2.45 bits per heavy atom. The van der Waals surface area contributed by atoms with Crippen molar-refractivity contribution in [2.24, 2.45) is 0 Å². The largest absolute Gasteiger partial charge is 0.497 e. The summed E-state index contributed by atoms with van der Waals surface area (Å²) in [4.78, 5) is 28.4. The van der Waals surface area contributed by atoms with Gasteiger partial charge >= 0.3 is 0 Å². The number of hydrogen-bond acceptors (Lipinski definition) is 3. The summed E-state index contributed by atoms with van der Waals surface area (Å²) in [5.41, 5.74) is 3.02. The van der Waals surface area contributed by atoms with Crippen LogP contribution in [0, 0.1) is 0 Å². The second kappa shape index (κ2) is 8.52. The summed E-state index contributed by atoms with van der Waals surface area (Å²) in [6, 6.07) is 15.9. The fourth-order valence-electron chi connectivity index (χ4n) is 4.15. The highest BCUT2D eigenvalue weighted by atomic mass is 16.5. The maximum atomic E-state index is 12.8. The Morgan fingerprint density at radius 2 is 1.79 bits per heavy atom. The number of ether oxygens (including phenoxy) is 1. The summed E-state index contributed by atoms with van der Waals surface area (Å²) in [5, 5.41) is 0. The monoisotopic (exact) mass is 390 g/mol. The minimum absolute atomic E-state index is 0.0297. The van der Waals surface area contributed by atoms with E-state index in [9.17, 15) is 9.59 Å². The first kappa shape index (κ1) is 19.2. The van der Waals surface area contributed by atoms with E-state index in [1.807, 2.05) is 64.4 Å². The lowest BCUT2D eigenvalue weighted by atomic mass is 10.0. The van der Waals surface area contributed by atoms with Gasteiger partial charge < -0.3 is 14.5 Å². The molecule has 0 saturated carbocycles. The van der Waals surface area contributed by atoms with Gasteiger partial charge in [-0.25, -0.2) is 0 Å². The number of benzene rings is 2. The van der Waals surface area contributed by atoms with Crippen molar-refractivity contribution in [1.29, 1.82) is 0 Å². The van der Waals surface area contributed by atoms with Crippen LogP contribution in [0.3, 0.4) is 0 Å². The van der Waals surface area contributed by atoms with Crippen molar-refractivity contribution >= 4 is 23.6 Å². The molecule has 5 heteroatoms. The number of likely N-dealkylation sites (tertiary alicyclic amines) is 1. The van der Waals surface area contributed by atoms with Gasteiger partial charge in [0, 0.05) is 31.3 Å². The summed E-state index contributed by atoms with van der Waals surface area (Å²) in [6.45, 7) is 1.56. The molecule has 29 heavy (non-hydrogen) atoms. The van der Waals surface area contributed by atoms with Gasteiger partial charge in [0.05, 0.1) is 13.2 Å². The fourth-order valence-corrected chi connectivity index (χ4v) is 4.15. The number of amides is 2. The van der Waals surface area contributed by atoms with Crippen LogP contribution in [0.1, 0.15) is 42.9 Å². The zero-order valence-corrected chi connectivity index (χ0v) is 16.7. The molecular weight excluding hydrogens is 364 g/mol. The molecule has 2 aromatic rings. The first-order chi connectivity index (χ1) is 14.2. The molecule has 150 valence electrons. The first-order valence-corrected chi connectivity index (χ1v) is 10.2. The Balaban J connectivity index is 1.42. The second-order valence-corrected chi connectivity index (χ2v) is 7.54. The summed E-state index contributed by atoms with van der Waals surface area (Å²) >= 11 is 0. The molecule has 2 heterocycles. The summed E-state index contributed by atoms with van der Waals surface area (Å²) in [6.07, 6.45) is 7.03. The van der Waals surface area contributed by atoms with Crippen LogP contribution in [0.5, 0.6) is 5.75 Å². The quantitative estimate of drug-likeness (QED) is 0.719. The molecule has 2 amide bonds. The molecule has 5 nitrogen and oxygen atoms in total. The van der Waals surface area contributed by atoms with Crippen molar-refractivity contribution in [3.8, 4) is 5.75 Å². The lowest BCUT2D eigenvalue weighted by molar-refractivity contribution is -0.126. The second-order valence-electron chi connectivity index (χ2n) is 7.54. The van der Waals surface area contributed by atoms with Gasteiger partial charge in [-0.15, -0.1) is 0 Å². The first-order valence-electron chi connectivity index (χ1n) is 10.2. The molecule has 1 atom stereocenters. The van der Waals surface area contributed by atoms with Crippen molar-refractivity contribution < 1.29 is 14.3 Å². The van der Waals surface area contributed by atoms with Gasteiger partial charge in [-0.1, -0.05) is 24.3 Å². The molecule has 0 bridgehead atoms. The van der Waals surface area contributed by atoms with E-state index in [1.54, 1.807) is 13.2 Å². The topological polar surface area (TPSA) is 49.9 Å². The Morgan fingerprint density at radius 1 is 1.03 bits per heavy atom. The Labute approximate surface area is 171 Å². The number of nitrogens with zero attached hydrogens (tertiary/aromatic N) is 2. The lowest BCUT2D eigenvalue weighted by Crippen LogP contribution is -2.28. The summed E-state index contributed by atoms with van der Waals surface area (Å²) in [5.74, 6) is 1.03. The standard InChI is InChI=1S/C24H26N2O3/c1-29-21-13-9-19(10-14-21)22-4-2-17-26(22)24(28)15-8-18-6-11-20(12-7-18)25-16-3-5-23(25)27/h6-15,22H,2-5,16-17H2,1H3/b15-8+. The molecule has 0 spiro atoms. The van der Waals surface area contributed by atoms with E-state index in [0.29, 0.717) is 6.42 Å². The van der Waals surface area contributed by atoms with Crippen molar-refractivity contribution in [3.05, 3.63) is 65.7 Å². The molecule has 0 N–H and O–H groups in total. The minimum atomic E-state index is 0.0297. The zero-order valence-electron chi connectivity index (χ0n) is 16.7. The molecule has 0 radical (unpaired) electrons. The highest BCUT2D eigenvalue weighted by molar-refractivity contribution is 5.95. The van der Waals surface area contributed by atoms with E-state index >= 15 is 0 Å². The molecule has 2 aliphatic rings. The van der Waals surface area contributed by atoms with Crippen molar-refractivity contribution in [1.82, 2.24) is 4.90 Å². The number of anilines is 1. The van der Waals surface area contributed by atoms with Crippen molar-refractivity contribution in [2.45, 2.75) is 31.7 Å². The lowest BCUT2D eigenvalue weighted by Gasteiger charge is -2.24. The van der Waals surface area contributed by atoms with Crippen LogP contribution in [0.4, 0.5) is 5.69 Å². The molecule has 2 aromatic carbocycles. The zero-order chi connectivity index (χ0) is 20.2. The number of methoxy groups -OCH3 is 1. The predicted octanol–water partition coefficient (Wildman–Crippen LogP) is 4.20. The molecule has 2 saturated heterocycles. The van der Waals surface area contributed by atoms with Crippen LogP contribution in [0.25, 0.3) is 6.08 Å². The molecular formula is C24H26N2O3. The normalized spacial score (nSPS) is 19.3. The van der Waals surface area contributed by atoms with Crippen LogP contribution in [-0.2, 0) is 9.59 Å². The van der Waals surface area contributed by atoms with Gasteiger partial charge in [0.15, 0.2) is 0 Å². The minimum Gasteiger partial charge on any atom is -0.497 e. The van der Waals surface area contributed by atoms with Crippen LogP contribution in [-0.4, -0.2) is 36.9 Å². The molecule has 0 aliphatic carbocycles. The highest BCUT2D eigenvalue weighted by Gasteiger charge is 2.28. The fraction of sp³-hybridized carbons (Fsp3) is 0.333. The van der Waals surface area contributed by atoms with Crippen LogP contribution >= 0.6 is 0 Å². The molecule has 2 aliphatic heterocycles. The SMILES string of the molecule is COc1ccc(C2CCCN2C(=O)/C=C/c2ccc(N3CCCC3=O)cc2)cc1. The van der Waals surface area contributed by atoms with Gasteiger partial charge in [0.2, 0.25) is 11.8 Å². The third kappa shape index (κ3) is 4.19. The molecule has 2 fully saturated rings. The number of rotatable bonds is 5. The Kier molecular flexibility index (Phi) is 5.65. The maximum absolute atomic E-state index is 12.8. The Bertz CT molecular complexity index is 903.